The zero-order valence-corrected chi connectivity index (χ0v) is 11.7. The molecule has 2 aromatic heterocycles. The van der Waals surface area contributed by atoms with E-state index in [1.807, 2.05) is 19.1 Å². The highest BCUT2D eigenvalue weighted by Gasteiger charge is 2.11. The molecule has 0 aliphatic heterocycles. The number of pyridine rings is 1. The van der Waals surface area contributed by atoms with Crippen LogP contribution >= 0.6 is 15.9 Å². The number of rotatable bonds is 1. The molecule has 0 fully saturated rings. The Balaban J connectivity index is 2.23. The van der Waals surface area contributed by atoms with Gasteiger partial charge >= 0.3 is 0 Å². The predicted octanol–water partition coefficient (Wildman–Crippen LogP) is 4.27. The molecule has 0 bridgehead atoms. The molecule has 2 heterocycles. The van der Waals surface area contributed by atoms with E-state index in [-0.39, 0.29) is 0 Å². The van der Waals surface area contributed by atoms with Gasteiger partial charge in [-0.25, -0.2) is 4.98 Å². The van der Waals surface area contributed by atoms with Gasteiger partial charge in [0.1, 0.15) is 5.52 Å². The van der Waals surface area contributed by atoms with Crippen LogP contribution in [0.5, 0.6) is 0 Å². The number of benzene rings is 1. The average molecular weight is 303 g/mol. The van der Waals surface area contributed by atoms with E-state index >= 15 is 0 Å². The first-order valence-electron chi connectivity index (χ1n) is 5.63. The third-order valence-electron chi connectivity index (χ3n) is 3.03. The Bertz CT molecular complexity index is 734. The number of nitrogens with zero attached hydrogens (tertiary/aromatic N) is 2. The molecule has 0 spiro atoms. The molecule has 3 rings (SSSR count). The summed E-state index contributed by atoms with van der Waals surface area (Å²) in [5, 5.41) is 0. The van der Waals surface area contributed by atoms with Crippen LogP contribution in [0.1, 0.15) is 11.1 Å². The molecule has 1 aromatic carbocycles. The zero-order valence-electron chi connectivity index (χ0n) is 10.1. The fourth-order valence-electron chi connectivity index (χ4n) is 1.87. The van der Waals surface area contributed by atoms with Gasteiger partial charge in [0.05, 0.1) is 5.56 Å². The summed E-state index contributed by atoms with van der Waals surface area (Å²) in [4.78, 5) is 8.62. The van der Waals surface area contributed by atoms with Crippen molar-refractivity contribution in [3.8, 4) is 11.5 Å². The first kappa shape index (κ1) is 11.4. The van der Waals surface area contributed by atoms with Crippen molar-refractivity contribution in [3.63, 3.8) is 0 Å². The highest BCUT2D eigenvalue weighted by atomic mass is 79.9. The number of aromatic nitrogens is 2. The van der Waals surface area contributed by atoms with Crippen molar-refractivity contribution in [2.45, 2.75) is 13.8 Å². The maximum absolute atomic E-state index is 5.85. The molecule has 3 aromatic rings. The van der Waals surface area contributed by atoms with Crippen molar-refractivity contribution in [1.82, 2.24) is 9.97 Å². The smallest absolute Gasteiger partial charge is 0.228 e. The molecular formula is C14H11BrN2O. The first-order valence-corrected chi connectivity index (χ1v) is 6.42. The Kier molecular flexibility index (Phi) is 2.67. The molecule has 0 radical (unpaired) electrons. The highest BCUT2D eigenvalue weighted by Crippen LogP contribution is 2.28. The van der Waals surface area contributed by atoms with E-state index in [2.05, 4.69) is 38.9 Å². The van der Waals surface area contributed by atoms with Crippen LogP contribution in [-0.2, 0) is 0 Å². The summed E-state index contributed by atoms with van der Waals surface area (Å²) in [6.45, 7) is 4.11. The van der Waals surface area contributed by atoms with Crippen molar-refractivity contribution in [2.75, 3.05) is 0 Å². The van der Waals surface area contributed by atoms with Gasteiger partial charge in [0.25, 0.3) is 0 Å². The van der Waals surface area contributed by atoms with Crippen LogP contribution in [0.25, 0.3) is 22.6 Å². The molecule has 0 aliphatic rings. The Morgan fingerprint density at radius 3 is 2.78 bits per heavy atom. The lowest BCUT2D eigenvalue weighted by molar-refractivity contribution is 0.616. The molecule has 3 nitrogen and oxygen atoms in total. The van der Waals surface area contributed by atoms with Gasteiger partial charge in [-0.1, -0.05) is 6.07 Å². The van der Waals surface area contributed by atoms with Gasteiger partial charge in [0.2, 0.25) is 5.89 Å². The molecule has 0 atom stereocenters. The molecular weight excluding hydrogens is 292 g/mol. The molecule has 90 valence electrons. The van der Waals surface area contributed by atoms with Crippen molar-refractivity contribution in [3.05, 3.63) is 46.2 Å². The molecule has 0 amide bonds. The normalized spacial score (nSPS) is 11.1. The van der Waals surface area contributed by atoms with Gasteiger partial charge in [-0.15, -0.1) is 0 Å². The zero-order chi connectivity index (χ0) is 12.7. The van der Waals surface area contributed by atoms with E-state index in [4.69, 9.17) is 4.42 Å². The number of halogens is 1. The summed E-state index contributed by atoms with van der Waals surface area (Å²) in [7, 11) is 0. The van der Waals surface area contributed by atoms with Crippen LogP contribution in [0, 0.1) is 13.8 Å². The van der Waals surface area contributed by atoms with Gasteiger partial charge in [-0.2, -0.15) is 0 Å². The third kappa shape index (κ3) is 1.82. The average Bonchev–Trinajstić information content (AvgIpc) is 2.79. The van der Waals surface area contributed by atoms with Crippen LogP contribution in [-0.4, -0.2) is 9.97 Å². The fourth-order valence-corrected chi connectivity index (χ4v) is 2.24. The van der Waals surface area contributed by atoms with E-state index in [0.29, 0.717) is 5.89 Å². The molecule has 18 heavy (non-hydrogen) atoms. The topological polar surface area (TPSA) is 38.9 Å². The van der Waals surface area contributed by atoms with Crippen molar-refractivity contribution >= 4 is 27.0 Å². The number of aryl methyl sites for hydroxylation is 2. The molecule has 0 N–H and O–H groups in total. The number of fused-ring (bicyclic) bond motifs is 1. The summed E-state index contributed by atoms with van der Waals surface area (Å²) in [6, 6.07) is 5.99. The van der Waals surface area contributed by atoms with Crippen molar-refractivity contribution in [2.24, 2.45) is 0 Å². The standard InChI is InChI=1S/C14H11BrN2O/c1-8-3-4-12-13(9(8)2)18-14(17-12)10-5-11(15)7-16-6-10/h3-7H,1-2H3. The van der Waals surface area contributed by atoms with Crippen LogP contribution in [0.4, 0.5) is 0 Å². The second-order valence-electron chi connectivity index (χ2n) is 4.27. The van der Waals surface area contributed by atoms with Crippen molar-refractivity contribution < 1.29 is 4.42 Å². The van der Waals surface area contributed by atoms with E-state index < -0.39 is 0 Å². The minimum Gasteiger partial charge on any atom is -0.436 e. The second-order valence-corrected chi connectivity index (χ2v) is 5.18. The third-order valence-corrected chi connectivity index (χ3v) is 3.46. The maximum atomic E-state index is 5.85. The fraction of sp³-hybridized carbons (Fsp3) is 0.143. The predicted molar refractivity (Wildman–Crippen MR) is 74.4 cm³/mol. The quantitative estimate of drug-likeness (QED) is 0.674. The molecule has 4 heteroatoms. The summed E-state index contributed by atoms with van der Waals surface area (Å²) < 4.78 is 6.76. The maximum Gasteiger partial charge on any atom is 0.228 e. The Hall–Kier alpha value is -1.68. The molecule has 0 aliphatic carbocycles. The lowest BCUT2D eigenvalue weighted by Crippen LogP contribution is -1.80. The van der Waals surface area contributed by atoms with Crippen LogP contribution < -0.4 is 0 Å². The Labute approximate surface area is 113 Å². The summed E-state index contributed by atoms with van der Waals surface area (Å²) in [5.74, 6) is 0.604. The van der Waals surface area contributed by atoms with Gasteiger partial charge < -0.3 is 4.42 Å². The lowest BCUT2D eigenvalue weighted by Gasteiger charge is -1.97. The summed E-state index contributed by atoms with van der Waals surface area (Å²) in [6.07, 6.45) is 3.49. The van der Waals surface area contributed by atoms with Crippen LogP contribution in [0.15, 0.2) is 39.5 Å². The Morgan fingerprint density at radius 2 is 2.00 bits per heavy atom. The Morgan fingerprint density at radius 1 is 1.17 bits per heavy atom. The molecule has 0 saturated carbocycles. The SMILES string of the molecule is Cc1ccc2nc(-c3cncc(Br)c3)oc2c1C. The van der Waals surface area contributed by atoms with E-state index in [0.717, 1.165) is 26.7 Å². The number of hydrogen-bond donors (Lipinski definition) is 0. The first-order chi connectivity index (χ1) is 8.65. The highest BCUT2D eigenvalue weighted by molar-refractivity contribution is 9.10. The van der Waals surface area contributed by atoms with Gasteiger partial charge in [-0.05, 0) is 53.0 Å². The van der Waals surface area contributed by atoms with Crippen LogP contribution in [0.2, 0.25) is 0 Å². The lowest BCUT2D eigenvalue weighted by atomic mass is 10.1. The van der Waals surface area contributed by atoms with Gasteiger partial charge in [0.15, 0.2) is 5.58 Å². The van der Waals surface area contributed by atoms with Gasteiger partial charge in [0, 0.05) is 16.9 Å². The van der Waals surface area contributed by atoms with Crippen molar-refractivity contribution in [1.29, 1.82) is 0 Å². The monoisotopic (exact) mass is 302 g/mol. The summed E-state index contributed by atoms with van der Waals surface area (Å²) in [5.41, 5.74) is 4.95. The van der Waals surface area contributed by atoms with E-state index in [9.17, 15) is 0 Å². The molecule has 0 unspecified atom stereocenters. The number of hydrogen-bond acceptors (Lipinski definition) is 3. The second kappa shape index (κ2) is 4.21. The van der Waals surface area contributed by atoms with Crippen LogP contribution in [0.3, 0.4) is 0 Å². The number of oxazole rings is 1. The van der Waals surface area contributed by atoms with Gasteiger partial charge in [-0.3, -0.25) is 4.98 Å². The van der Waals surface area contributed by atoms with E-state index in [1.165, 1.54) is 5.56 Å². The minimum absolute atomic E-state index is 0.604. The molecule has 0 saturated heterocycles. The largest absolute Gasteiger partial charge is 0.436 e. The summed E-state index contributed by atoms with van der Waals surface area (Å²) >= 11 is 3.40. The minimum atomic E-state index is 0.604. The van der Waals surface area contributed by atoms with E-state index in [1.54, 1.807) is 12.4 Å².